The van der Waals surface area contributed by atoms with Gasteiger partial charge in [-0.15, -0.1) is 16.6 Å². The molecule has 0 spiro atoms. The van der Waals surface area contributed by atoms with E-state index in [4.69, 9.17) is 11.2 Å². The molecule has 0 bridgehead atoms. The molecule has 1 heterocycles. The molecule has 0 atom stereocenters. The average molecular weight is 517 g/mol. The third-order valence-electron chi connectivity index (χ3n) is 5.13. The third-order valence-corrected chi connectivity index (χ3v) is 5.13. The molecule has 0 fully saturated rings. The van der Waals surface area contributed by atoms with E-state index >= 15 is 0 Å². The molecular formula is C26H14F7N3O. The fourth-order valence-electron chi connectivity index (χ4n) is 3.23. The quantitative estimate of drug-likeness (QED) is 0.199. The number of ether oxygens (including phenoxy) is 1. The lowest BCUT2D eigenvalue weighted by atomic mass is 10.0. The first-order chi connectivity index (χ1) is 17.4. The van der Waals surface area contributed by atoms with Gasteiger partial charge in [-0.25, -0.2) is 4.98 Å². The van der Waals surface area contributed by atoms with E-state index in [0.29, 0.717) is 11.3 Å². The molecule has 0 amide bonds. The number of alkyl halides is 7. The van der Waals surface area contributed by atoms with Crippen LogP contribution in [0.15, 0.2) is 78.9 Å². The molecule has 1 aromatic heterocycles. The van der Waals surface area contributed by atoms with E-state index in [1.807, 2.05) is 0 Å². The normalized spacial score (nSPS) is 12.2. The highest BCUT2D eigenvalue weighted by Gasteiger charge is 2.75. The third kappa shape index (κ3) is 4.95. The number of hydrogen-bond donors (Lipinski definition) is 0. The lowest BCUT2D eigenvalue weighted by Gasteiger charge is -2.27. The van der Waals surface area contributed by atoms with Crippen molar-refractivity contribution < 1.29 is 35.5 Å². The molecule has 0 unspecified atom stereocenters. The van der Waals surface area contributed by atoms with Crippen molar-refractivity contribution in [2.24, 2.45) is 0 Å². The molecular weight excluding hydrogens is 503 g/mol. The minimum Gasteiger partial charge on any atom is -0.457 e. The summed E-state index contributed by atoms with van der Waals surface area (Å²) in [4.78, 5) is 3.44. The zero-order chi connectivity index (χ0) is 26.8. The highest BCUT2D eigenvalue weighted by Crippen LogP contribution is 2.51. The second kappa shape index (κ2) is 9.54. The Balaban J connectivity index is 1.80. The van der Waals surface area contributed by atoms with Crippen LogP contribution in [0, 0.1) is 12.3 Å². The Kier molecular flexibility index (Phi) is 6.61. The van der Waals surface area contributed by atoms with E-state index < -0.39 is 23.8 Å². The van der Waals surface area contributed by atoms with E-state index in [2.05, 4.69) is 21.1 Å². The molecule has 0 aliphatic carbocycles. The summed E-state index contributed by atoms with van der Waals surface area (Å²) in [7, 11) is 0. The lowest BCUT2D eigenvalue weighted by molar-refractivity contribution is -0.361. The fourth-order valence-corrected chi connectivity index (χ4v) is 3.23. The second-order valence-corrected chi connectivity index (χ2v) is 7.64. The summed E-state index contributed by atoms with van der Waals surface area (Å²) in [5, 5.41) is 6.56. The van der Waals surface area contributed by atoms with Crippen LogP contribution >= 0.6 is 0 Å². The second-order valence-electron chi connectivity index (χ2n) is 7.64. The Hall–Kier alpha value is -4.46. The number of benzene rings is 3. The first-order valence-electron chi connectivity index (χ1n) is 10.4. The van der Waals surface area contributed by atoms with Crippen LogP contribution in [0.2, 0.25) is 0 Å². The number of nitrogens with zero attached hydrogens (tertiary/aromatic N) is 3. The molecule has 0 aliphatic rings. The molecule has 0 N–H and O–H groups in total. The van der Waals surface area contributed by atoms with Gasteiger partial charge in [-0.3, -0.25) is 0 Å². The van der Waals surface area contributed by atoms with Gasteiger partial charge < -0.3 is 4.74 Å². The van der Waals surface area contributed by atoms with Crippen molar-refractivity contribution in [2.75, 3.05) is 0 Å². The van der Waals surface area contributed by atoms with Gasteiger partial charge in [0.2, 0.25) is 5.82 Å². The minimum absolute atomic E-state index is 0.135. The van der Waals surface area contributed by atoms with E-state index in [0.717, 1.165) is 0 Å². The predicted molar refractivity (Wildman–Crippen MR) is 120 cm³/mol. The highest BCUT2D eigenvalue weighted by atomic mass is 19.4. The average Bonchev–Trinajstić information content (AvgIpc) is 2.88. The minimum atomic E-state index is -6.55. The lowest BCUT2D eigenvalue weighted by Crippen LogP contribution is -2.50. The highest BCUT2D eigenvalue weighted by molar-refractivity contribution is 5.78. The SMILES string of the molecule is C#Cc1ccc(Oc2cccc(-c3nnc(C(F)(F)C(F)(F)C(F)(F)F)nc3-c3ccccc3)c2)cc1. The van der Waals surface area contributed by atoms with Gasteiger partial charge in [-0.1, -0.05) is 48.4 Å². The van der Waals surface area contributed by atoms with Crippen molar-refractivity contribution in [3.05, 3.63) is 90.3 Å². The maximum Gasteiger partial charge on any atom is 0.460 e. The van der Waals surface area contributed by atoms with Crippen molar-refractivity contribution in [3.63, 3.8) is 0 Å². The molecule has 4 nitrogen and oxygen atoms in total. The van der Waals surface area contributed by atoms with Crippen LogP contribution in [-0.2, 0) is 5.92 Å². The summed E-state index contributed by atoms with van der Waals surface area (Å²) >= 11 is 0. The van der Waals surface area contributed by atoms with Gasteiger partial charge in [0.15, 0.2) is 0 Å². The van der Waals surface area contributed by atoms with E-state index in [1.54, 1.807) is 36.4 Å². The molecule has 0 saturated heterocycles. The molecule has 37 heavy (non-hydrogen) atoms. The first-order valence-corrected chi connectivity index (χ1v) is 10.4. The molecule has 11 heteroatoms. The van der Waals surface area contributed by atoms with Crippen molar-refractivity contribution in [1.82, 2.24) is 15.2 Å². The topological polar surface area (TPSA) is 47.9 Å². The van der Waals surface area contributed by atoms with Crippen LogP contribution in [0.4, 0.5) is 30.7 Å². The van der Waals surface area contributed by atoms with E-state index in [-0.39, 0.29) is 28.3 Å². The van der Waals surface area contributed by atoms with Crippen molar-refractivity contribution in [2.45, 2.75) is 18.0 Å². The summed E-state index contributed by atoms with van der Waals surface area (Å²) in [6.45, 7) is 0. The maximum atomic E-state index is 14.4. The number of terminal acetylenes is 1. The Bertz CT molecular complexity index is 1450. The van der Waals surface area contributed by atoms with E-state index in [1.165, 1.54) is 42.5 Å². The fraction of sp³-hybridized carbons (Fsp3) is 0.115. The summed E-state index contributed by atoms with van der Waals surface area (Å²) in [5.41, 5.74) is 0.473. The molecule has 0 radical (unpaired) electrons. The van der Waals surface area contributed by atoms with Gasteiger partial charge in [0.25, 0.3) is 0 Å². The van der Waals surface area contributed by atoms with Crippen LogP contribution in [0.5, 0.6) is 11.5 Å². The van der Waals surface area contributed by atoms with Crippen molar-refractivity contribution in [1.29, 1.82) is 0 Å². The van der Waals surface area contributed by atoms with Crippen LogP contribution < -0.4 is 4.74 Å². The molecule has 4 aromatic rings. The number of rotatable bonds is 6. The smallest absolute Gasteiger partial charge is 0.457 e. The molecule has 4 rings (SSSR count). The van der Waals surface area contributed by atoms with Crippen molar-refractivity contribution >= 4 is 0 Å². The summed E-state index contributed by atoms with van der Waals surface area (Å²) in [5.74, 6) is -11.1. The first kappa shape index (κ1) is 25.6. The Morgan fingerprint density at radius 3 is 1.95 bits per heavy atom. The summed E-state index contributed by atoms with van der Waals surface area (Å²) < 4.78 is 99.9. The zero-order valence-corrected chi connectivity index (χ0v) is 18.5. The molecule has 0 aliphatic heterocycles. The summed E-state index contributed by atoms with van der Waals surface area (Å²) in [6, 6.07) is 20.0. The molecule has 3 aromatic carbocycles. The Morgan fingerprint density at radius 1 is 0.676 bits per heavy atom. The number of hydrogen-bond acceptors (Lipinski definition) is 4. The zero-order valence-electron chi connectivity index (χ0n) is 18.5. The van der Waals surface area contributed by atoms with Gasteiger partial charge in [0.05, 0.1) is 0 Å². The van der Waals surface area contributed by atoms with Gasteiger partial charge in [0.1, 0.15) is 22.9 Å². The monoisotopic (exact) mass is 517 g/mol. The Labute approximate surface area is 205 Å². The van der Waals surface area contributed by atoms with Crippen LogP contribution in [0.3, 0.4) is 0 Å². The summed E-state index contributed by atoms with van der Waals surface area (Å²) in [6.07, 6.45) is -1.22. The van der Waals surface area contributed by atoms with Crippen LogP contribution in [0.1, 0.15) is 11.4 Å². The van der Waals surface area contributed by atoms with Crippen molar-refractivity contribution in [3.8, 4) is 46.4 Å². The maximum absolute atomic E-state index is 14.4. The van der Waals surface area contributed by atoms with Gasteiger partial charge in [0, 0.05) is 16.7 Å². The van der Waals surface area contributed by atoms with Crippen LogP contribution in [-0.4, -0.2) is 27.3 Å². The van der Waals surface area contributed by atoms with E-state index in [9.17, 15) is 30.7 Å². The predicted octanol–water partition coefficient (Wildman–Crippen LogP) is 7.27. The number of halogens is 7. The number of aromatic nitrogens is 3. The molecule has 188 valence electrons. The van der Waals surface area contributed by atoms with Gasteiger partial charge in [-0.2, -0.15) is 30.7 Å². The largest absolute Gasteiger partial charge is 0.460 e. The van der Waals surface area contributed by atoms with Crippen LogP contribution in [0.25, 0.3) is 22.5 Å². The Morgan fingerprint density at radius 2 is 1.32 bits per heavy atom. The van der Waals surface area contributed by atoms with Gasteiger partial charge in [-0.05, 0) is 36.4 Å². The molecule has 0 saturated carbocycles. The van der Waals surface area contributed by atoms with Gasteiger partial charge >= 0.3 is 18.0 Å². The standard InChI is InChI=1S/C26H14F7N3O/c1-2-16-11-13-19(14-12-16)37-20-10-6-9-18(15-20)22-21(17-7-4-3-5-8-17)34-23(36-35-22)24(27,28)25(29,30)26(31,32)33/h1,3-15H.